The van der Waals surface area contributed by atoms with Crippen LogP contribution in [0.4, 0.5) is 0 Å². The summed E-state index contributed by atoms with van der Waals surface area (Å²) in [4.78, 5) is 23.5. The molecule has 0 aliphatic heterocycles. The standard InChI is InChI=1S/C34H33N3O5/c1-25-31(36-34(41-25)27-10-5-3-6-11-27)20-21-40-32-15-9-12-28(35-32)23-37(24-33(38)39-2)22-26-16-18-30(19-17-26)42-29-13-7-4-8-14-29/h3-19H,20-24H2,1-2H3. The Hall–Kier alpha value is -4.95. The Kier molecular flexibility index (Phi) is 9.59. The molecule has 0 bridgehead atoms. The van der Waals surface area contributed by atoms with Gasteiger partial charge in [0.2, 0.25) is 11.8 Å². The predicted octanol–water partition coefficient (Wildman–Crippen LogP) is 6.63. The molecular formula is C34H33N3O5. The first-order valence-electron chi connectivity index (χ1n) is 13.8. The average molecular weight is 564 g/mol. The van der Waals surface area contributed by atoms with E-state index in [0.29, 0.717) is 37.9 Å². The monoisotopic (exact) mass is 563 g/mol. The van der Waals surface area contributed by atoms with E-state index in [9.17, 15) is 4.79 Å². The number of esters is 1. The third kappa shape index (κ3) is 8.05. The van der Waals surface area contributed by atoms with Gasteiger partial charge in [-0.1, -0.05) is 54.6 Å². The minimum absolute atomic E-state index is 0.126. The second-order valence-corrected chi connectivity index (χ2v) is 9.73. The average Bonchev–Trinajstić information content (AvgIpc) is 3.39. The van der Waals surface area contributed by atoms with E-state index in [1.165, 1.54) is 7.11 Å². The van der Waals surface area contributed by atoms with Crippen molar-refractivity contribution in [3.63, 3.8) is 0 Å². The van der Waals surface area contributed by atoms with Crippen LogP contribution in [-0.4, -0.2) is 41.1 Å². The minimum Gasteiger partial charge on any atom is -0.477 e. The van der Waals surface area contributed by atoms with Crippen LogP contribution in [0.5, 0.6) is 17.4 Å². The number of carbonyl (C=O) groups is 1. The number of hydrogen-bond donors (Lipinski definition) is 0. The molecule has 0 unspecified atom stereocenters. The lowest BCUT2D eigenvalue weighted by molar-refractivity contribution is -0.142. The van der Waals surface area contributed by atoms with Gasteiger partial charge in [-0.2, -0.15) is 0 Å². The first kappa shape index (κ1) is 28.6. The zero-order chi connectivity index (χ0) is 29.1. The molecule has 5 aromatic rings. The third-order valence-corrected chi connectivity index (χ3v) is 6.56. The molecule has 0 aliphatic carbocycles. The Balaban J connectivity index is 1.19. The highest BCUT2D eigenvalue weighted by Gasteiger charge is 2.15. The van der Waals surface area contributed by atoms with Gasteiger partial charge in [0, 0.05) is 31.1 Å². The topological polar surface area (TPSA) is 86.9 Å². The summed E-state index contributed by atoms with van der Waals surface area (Å²) in [6.07, 6.45) is 0.590. The van der Waals surface area contributed by atoms with E-state index in [-0.39, 0.29) is 12.5 Å². The van der Waals surface area contributed by atoms with Crippen LogP contribution in [0, 0.1) is 6.92 Å². The van der Waals surface area contributed by atoms with Crippen molar-refractivity contribution < 1.29 is 23.4 Å². The number of benzene rings is 3. The zero-order valence-corrected chi connectivity index (χ0v) is 23.7. The van der Waals surface area contributed by atoms with Crippen molar-refractivity contribution in [2.24, 2.45) is 0 Å². The highest BCUT2D eigenvalue weighted by atomic mass is 16.5. The minimum atomic E-state index is -0.315. The van der Waals surface area contributed by atoms with Crippen molar-refractivity contribution in [3.05, 3.63) is 126 Å². The number of carbonyl (C=O) groups excluding carboxylic acids is 1. The first-order chi connectivity index (χ1) is 20.6. The summed E-state index contributed by atoms with van der Waals surface area (Å²) in [6.45, 7) is 3.41. The summed E-state index contributed by atoms with van der Waals surface area (Å²) in [6, 6.07) is 32.9. The van der Waals surface area contributed by atoms with Crippen LogP contribution < -0.4 is 9.47 Å². The molecule has 0 saturated carbocycles. The summed E-state index contributed by atoms with van der Waals surface area (Å²) in [5, 5.41) is 0. The smallest absolute Gasteiger partial charge is 0.319 e. The van der Waals surface area contributed by atoms with Crippen molar-refractivity contribution in [1.29, 1.82) is 0 Å². The number of oxazole rings is 1. The molecule has 0 spiro atoms. The maximum atomic E-state index is 12.2. The highest BCUT2D eigenvalue weighted by Crippen LogP contribution is 2.23. The molecule has 5 rings (SSSR count). The van der Waals surface area contributed by atoms with Gasteiger partial charge >= 0.3 is 5.97 Å². The molecule has 0 radical (unpaired) electrons. The molecule has 0 fully saturated rings. The lowest BCUT2D eigenvalue weighted by Gasteiger charge is -2.21. The number of para-hydroxylation sites is 1. The summed E-state index contributed by atoms with van der Waals surface area (Å²) >= 11 is 0. The van der Waals surface area contributed by atoms with E-state index in [4.69, 9.17) is 18.6 Å². The van der Waals surface area contributed by atoms with E-state index in [0.717, 1.165) is 39.8 Å². The number of pyridine rings is 1. The van der Waals surface area contributed by atoms with Crippen molar-refractivity contribution in [1.82, 2.24) is 14.9 Å². The van der Waals surface area contributed by atoms with Gasteiger partial charge in [0.1, 0.15) is 17.3 Å². The molecule has 0 amide bonds. The van der Waals surface area contributed by atoms with Gasteiger partial charge in [0.05, 0.1) is 31.6 Å². The molecule has 0 saturated heterocycles. The molecule has 214 valence electrons. The Labute approximate surface area is 245 Å². The fourth-order valence-electron chi connectivity index (χ4n) is 4.43. The highest BCUT2D eigenvalue weighted by molar-refractivity contribution is 5.71. The maximum Gasteiger partial charge on any atom is 0.319 e. The first-order valence-corrected chi connectivity index (χ1v) is 13.8. The summed E-state index contributed by atoms with van der Waals surface area (Å²) < 4.78 is 22.7. The Morgan fingerprint density at radius 3 is 2.26 bits per heavy atom. The van der Waals surface area contributed by atoms with Crippen molar-refractivity contribution in [2.75, 3.05) is 20.3 Å². The lowest BCUT2D eigenvalue weighted by Crippen LogP contribution is -2.30. The summed E-state index contributed by atoms with van der Waals surface area (Å²) in [5.74, 6) is 3.10. The molecule has 2 aromatic heterocycles. The number of nitrogens with zero attached hydrogens (tertiary/aromatic N) is 3. The van der Waals surface area contributed by atoms with Crippen molar-refractivity contribution in [2.45, 2.75) is 26.4 Å². The van der Waals surface area contributed by atoms with Crippen molar-refractivity contribution >= 4 is 5.97 Å². The van der Waals surface area contributed by atoms with Gasteiger partial charge in [-0.15, -0.1) is 0 Å². The summed E-state index contributed by atoms with van der Waals surface area (Å²) in [7, 11) is 1.39. The molecule has 2 heterocycles. The third-order valence-electron chi connectivity index (χ3n) is 6.56. The number of methoxy groups -OCH3 is 1. The molecular weight excluding hydrogens is 530 g/mol. The Morgan fingerprint density at radius 1 is 0.810 bits per heavy atom. The Bertz CT molecular complexity index is 1570. The van der Waals surface area contributed by atoms with Crippen LogP contribution in [-0.2, 0) is 29.0 Å². The normalized spacial score (nSPS) is 10.9. The molecule has 8 nitrogen and oxygen atoms in total. The molecule has 3 aromatic carbocycles. The van der Waals surface area contributed by atoms with Gasteiger partial charge in [-0.05, 0) is 55.0 Å². The second-order valence-electron chi connectivity index (χ2n) is 9.73. The van der Waals surface area contributed by atoms with Crippen LogP contribution in [0.1, 0.15) is 22.7 Å². The molecule has 42 heavy (non-hydrogen) atoms. The van der Waals surface area contributed by atoms with E-state index in [1.54, 1.807) is 0 Å². The SMILES string of the molecule is COC(=O)CN(Cc1ccc(Oc2ccccc2)cc1)Cc1cccc(OCCc2nc(-c3ccccc3)oc2C)n1. The number of rotatable bonds is 13. The van der Waals surface area contributed by atoms with Crippen LogP contribution in [0.2, 0.25) is 0 Å². The second kappa shape index (κ2) is 14.1. The number of ether oxygens (including phenoxy) is 3. The maximum absolute atomic E-state index is 12.2. The quantitative estimate of drug-likeness (QED) is 0.148. The number of hydrogen-bond acceptors (Lipinski definition) is 8. The van der Waals surface area contributed by atoms with Crippen LogP contribution in [0.25, 0.3) is 11.5 Å². The fraction of sp³-hybridized carbons (Fsp3) is 0.206. The lowest BCUT2D eigenvalue weighted by atomic mass is 10.2. The van der Waals surface area contributed by atoms with Crippen LogP contribution in [0.3, 0.4) is 0 Å². The van der Waals surface area contributed by atoms with Crippen LogP contribution in [0.15, 0.2) is 108 Å². The molecule has 8 heteroatoms. The fourth-order valence-corrected chi connectivity index (χ4v) is 4.43. The Morgan fingerprint density at radius 2 is 1.52 bits per heavy atom. The van der Waals surface area contributed by atoms with Gasteiger partial charge in [0.25, 0.3) is 0 Å². The van der Waals surface area contributed by atoms with Crippen molar-refractivity contribution in [3.8, 4) is 28.8 Å². The van der Waals surface area contributed by atoms with E-state index < -0.39 is 0 Å². The predicted molar refractivity (Wildman–Crippen MR) is 159 cm³/mol. The van der Waals surface area contributed by atoms with Crippen LogP contribution >= 0.6 is 0 Å². The molecule has 0 atom stereocenters. The van der Waals surface area contributed by atoms with E-state index >= 15 is 0 Å². The molecule has 0 N–H and O–H groups in total. The van der Waals surface area contributed by atoms with Gasteiger partial charge in [-0.3, -0.25) is 9.69 Å². The van der Waals surface area contributed by atoms with Gasteiger partial charge in [-0.25, -0.2) is 9.97 Å². The van der Waals surface area contributed by atoms with Gasteiger partial charge in [0.15, 0.2) is 0 Å². The number of aryl methyl sites for hydroxylation is 1. The van der Waals surface area contributed by atoms with E-state index in [1.807, 2.05) is 115 Å². The van der Waals surface area contributed by atoms with Gasteiger partial charge < -0.3 is 18.6 Å². The molecule has 0 aliphatic rings. The number of aromatic nitrogens is 2. The largest absolute Gasteiger partial charge is 0.477 e. The zero-order valence-electron chi connectivity index (χ0n) is 23.7. The summed E-state index contributed by atoms with van der Waals surface area (Å²) in [5.41, 5.74) is 3.61. The van der Waals surface area contributed by atoms with E-state index in [2.05, 4.69) is 9.97 Å².